The second-order valence-corrected chi connectivity index (χ2v) is 7.81. The predicted octanol–water partition coefficient (Wildman–Crippen LogP) is 1.64. The van der Waals surface area contributed by atoms with Gasteiger partial charge in [0, 0.05) is 50.1 Å². The van der Waals surface area contributed by atoms with Crippen LogP contribution in [-0.4, -0.2) is 72.7 Å². The molecule has 0 amide bonds. The second kappa shape index (κ2) is 6.33. The highest BCUT2D eigenvalue weighted by Crippen LogP contribution is 2.35. The van der Waals surface area contributed by atoms with E-state index in [0.29, 0.717) is 5.54 Å². The Kier molecular flexibility index (Phi) is 4.73. The lowest BCUT2D eigenvalue weighted by molar-refractivity contribution is 0.0414. The molecule has 3 fully saturated rings. The van der Waals surface area contributed by atoms with E-state index in [1.807, 2.05) is 0 Å². The van der Waals surface area contributed by atoms with E-state index in [1.165, 1.54) is 76.3 Å². The van der Waals surface area contributed by atoms with E-state index < -0.39 is 0 Å². The second-order valence-electron chi connectivity index (χ2n) is 6.66. The van der Waals surface area contributed by atoms with Crippen LogP contribution in [0.15, 0.2) is 0 Å². The molecule has 1 atom stereocenters. The summed E-state index contributed by atoms with van der Waals surface area (Å²) in [4.78, 5) is 5.29. The number of thioether (sulfide) groups is 1. The van der Waals surface area contributed by atoms with Crippen molar-refractivity contribution in [2.24, 2.45) is 0 Å². The van der Waals surface area contributed by atoms with Gasteiger partial charge in [0.15, 0.2) is 0 Å². The molecule has 0 aromatic rings. The molecule has 0 aromatic heterocycles. The summed E-state index contributed by atoms with van der Waals surface area (Å²) < 4.78 is 0. The molecular weight excluding hydrogens is 254 g/mol. The summed E-state index contributed by atoms with van der Waals surface area (Å²) in [5.41, 5.74) is 0.495. The molecule has 2 heterocycles. The monoisotopic (exact) mass is 283 g/mol. The van der Waals surface area contributed by atoms with Crippen molar-refractivity contribution in [3.05, 3.63) is 0 Å². The van der Waals surface area contributed by atoms with Gasteiger partial charge in [0.1, 0.15) is 0 Å². The van der Waals surface area contributed by atoms with E-state index >= 15 is 0 Å². The minimum Gasteiger partial charge on any atom is -0.311 e. The molecule has 0 spiro atoms. The number of likely N-dealkylation sites (N-methyl/N-ethyl adjacent to an activating group) is 1. The van der Waals surface area contributed by atoms with E-state index in [0.717, 1.165) is 6.04 Å². The summed E-state index contributed by atoms with van der Waals surface area (Å²) in [5, 5.41) is 3.90. The van der Waals surface area contributed by atoms with Gasteiger partial charge in [-0.2, -0.15) is 11.8 Å². The fourth-order valence-corrected chi connectivity index (χ4v) is 5.14. The van der Waals surface area contributed by atoms with Gasteiger partial charge in [-0.15, -0.1) is 0 Å². The fraction of sp³-hybridized carbons (Fsp3) is 1.00. The number of rotatable bonds is 4. The highest BCUT2D eigenvalue weighted by atomic mass is 32.2. The molecule has 0 radical (unpaired) electrons. The average molecular weight is 283 g/mol. The number of hydrogen-bond donors (Lipinski definition) is 1. The molecule has 110 valence electrons. The van der Waals surface area contributed by atoms with Gasteiger partial charge >= 0.3 is 0 Å². The molecule has 0 unspecified atom stereocenters. The predicted molar refractivity (Wildman–Crippen MR) is 84.0 cm³/mol. The van der Waals surface area contributed by atoms with Gasteiger partial charge < -0.3 is 10.2 Å². The van der Waals surface area contributed by atoms with Crippen molar-refractivity contribution >= 4 is 11.8 Å². The van der Waals surface area contributed by atoms with Gasteiger partial charge in [-0.05, 0) is 32.1 Å². The number of piperazine rings is 1. The Morgan fingerprint density at radius 1 is 1.16 bits per heavy atom. The van der Waals surface area contributed by atoms with E-state index in [2.05, 4.69) is 33.9 Å². The largest absolute Gasteiger partial charge is 0.311 e. The van der Waals surface area contributed by atoms with Gasteiger partial charge in [-0.1, -0.05) is 12.8 Å². The van der Waals surface area contributed by atoms with E-state index in [-0.39, 0.29) is 0 Å². The first-order chi connectivity index (χ1) is 9.28. The number of hydrogen-bond acceptors (Lipinski definition) is 4. The van der Waals surface area contributed by atoms with Crippen LogP contribution in [0.4, 0.5) is 0 Å². The van der Waals surface area contributed by atoms with Crippen molar-refractivity contribution in [1.82, 2.24) is 15.1 Å². The van der Waals surface area contributed by atoms with Crippen molar-refractivity contribution < 1.29 is 0 Å². The van der Waals surface area contributed by atoms with Crippen LogP contribution in [0.5, 0.6) is 0 Å². The molecule has 3 rings (SSSR count). The third-order valence-electron chi connectivity index (χ3n) is 5.36. The van der Waals surface area contributed by atoms with Crippen molar-refractivity contribution in [3.63, 3.8) is 0 Å². The molecule has 3 nitrogen and oxygen atoms in total. The molecule has 1 N–H and O–H groups in total. The maximum Gasteiger partial charge on any atom is 0.0335 e. The van der Waals surface area contributed by atoms with Gasteiger partial charge in [0.25, 0.3) is 0 Å². The Balaban J connectivity index is 1.58. The lowest BCUT2D eigenvalue weighted by atomic mass is 9.93. The van der Waals surface area contributed by atoms with Crippen molar-refractivity contribution in [2.75, 3.05) is 51.3 Å². The van der Waals surface area contributed by atoms with E-state index in [4.69, 9.17) is 0 Å². The van der Waals surface area contributed by atoms with Crippen LogP contribution in [-0.2, 0) is 0 Å². The van der Waals surface area contributed by atoms with Crippen LogP contribution in [0, 0.1) is 0 Å². The Hall–Kier alpha value is 0.230. The summed E-state index contributed by atoms with van der Waals surface area (Å²) in [5.74, 6) is 2.69. The SMILES string of the molecule is CN1CCN(C2(CN[C@@H]3CCSC3)CCCC2)CC1. The summed E-state index contributed by atoms with van der Waals surface area (Å²) in [6.45, 7) is 6.29. The van der Waals surface area contributed by atoms with Crippen LogP contribution in [0.1, 0.15) is 32.1 Å². The van der Waals surface area contributed by atoms with Crippen LogP contribution < -0.4 is 5.32 Å². The van der Waals surface area contributed by atoms with Crippen molar-refractivity contribution in [2.45, 2.75) is 43.7 Å². The van der Waals surface area contributed by atoms with Crippen molar-refractivity contribution in [3.8, 4) is 0 Å². The van der Waals surface area contributed by atoms with Crippen LogP contribution in [0.3, 0.4) is 0 Å². The molecule has 4 heteroatoms. The molecule has 2 saturated heterocycles. The zero-order valence-corrected chi connectivity index (χ0v) is 13.2. The lowest BCUT2D eigenvalue weighted by Crippen LogP contribution is -2.60. The zero-order valence-electron chi connectivity index (χ0n) is 12.4. The van der Waals surface area contributed by atoms with Gasteiger partial charge in [-0.3, -0.25) is 4.90 Å². The topological polar surface area (TPSA) is 18.5 Å². The molecule has 19 heavy (non-hydrogen) atoms. The maximum atomic E-state index is 3.90. The fourth-order valence-electron chi connectivity index (χ4n) is 3.95. The third-order valence-corrected chi connectivity index (χ3v) is 6.52. The molecule has 0 bridgehead atoms. The Morgan fingerprint density at radius 2 is 1.89 bits per heavy atom. The summed E-state index contributed by atoms with van der Waals surface area (Å²) >= 11 is 2.12. The van der Waals surface area contributed by atoms with E-state index in [9.17, 15) is 0 Å². The van der Waals surface area contributed by atoms with Gasteiger partial charge in [-0.25, -0.2) is 0 Å². The molecule has 1 aliphatic carbocycles. The Morgan fingerprint density at radius 3 is 2.53 bits per heavy atom. The first kappa shape index (κ1) is 14.2. The summed E-state index contributed by atoms with van der Waals surface area (Å²) in [7, 11) is 2.26. The highest BCUT2D eigenvalue weighted by molar-refractivity contribution is 7.99. The van der Waals surface area contributed by atoms with Crippen LogP contribution in [0.2, 0.25) is 0 Å². The number of nitrogens with one attached hydrogen (secondary N) is 1. The summed E-state index contributed by atoms with van der Waals surface area (Å²) in [6, 6.07) is 0.787. The smallest absolute Gasteiger partial charge is 0.0335 e. The van der Waals surface area contributed by atoms with Crippen molar-refractivity contribution in [1.29, 1.82) is 0 Å². The highest BCUT2D eigenvalue weighted by Gasteiger charge is 2.40. The first-order valence-electron chi connectivity index (χ1n) is 8.03. The quantitative estimate of drug-likeness (QED) is 0.845. The molecule has 2 aliphatic heterocycles. The minimum atomic E-state index is 0.495. The zero-order chi connectivity index (χ0) is 13.1. The van der Waals surface area contributed by atoms with E-state index in [1.54, 1.807) is 0 Å². The molecular formula is C15H29N3S. The van der Waals surface area contributed by atoms with Gasteiger partial charge in [0.05, 0.1) is 0 Å². The molecule has 3 aliphatic rings. The molecule has 0 aromatic carbocycles. The standard InChI is InChI=1S/C15H29N3S/c1-17-7-9-18(10-8-17)15(5-2-3-6-15)13-16-14-4-11-19-12-14/h14,16H,2-13H2,1H3/t14-/m1/s1. The summed E-state index contributed by atoms with van der Waals surface area (Å²) in [6.07, 6.45) is 7.09. The third kappa shape index (κ3) is 3.29. The minimum absolute atomic E-state index is 0.495. The van der Waals surface area contributed by atoms with Crippen LogP contribution in [0.25, 0.3) is 0 Å². The van der Waals surface area contributed by atoms with Crippen LogP contribution >= 0.6 is 11.8 Å². The Labute approximate surface area is 122 Å². The first-order valence-corrected chi connectivity index (χ1v) is 9.19. The molecule has 1 saturated carbocycles. The number of nitrogens with zero attached hydrogens (tertiary/aromatic N) is 2. The average Bonchev–Trinajstić information content (AvgIpc) is 3.09. The Bertz CT molecular complexity index is 277. The lowest BCUT2D eigenvalue weighted by Gasteiger charge is -2.46. The normalized spacial score (nSPS) is 33.0. The van der Waals surface area contributed by atoms with Gasteiger partial charge in [0.2, 0.25) is 0 Å². The maximum absolute atomic E-state index is 3.90.